The highest BCUT2D eigenvalue weighted by Gasteiger charge is 2.13. The summed E-state index contributed by atoms with van der Waals surface area (Å²) in [5.74, 6) is 0.466. The molecule has 0 aromatic heterocycles. The second kappa shape index (κ2) is 4.14. The van der Waals surface area contributed by atoms with Crippen LogP contribution in [0.4, 0.5) is 0 Å². The van der Waals surface area contributed by atoms with E-state index in [1.807, 2.05) is 0 Å². The molecule has 0 amide bonds. The maximum absolute atomic E-state index is 5.74. The molecule has 0 aliphatic rings. The molecule has 14 heavy (non-hydrogen) atoms. The summed E-state index contributed by atoms with van der Waals surface area (Å²) >= 11 is 0. The van der Waals surface area contributed by atoms with Crippen molar-refractivity contribution >= 4 is 0 Å². The summed E-state index contributed by atoms with van der Waals surface area (Å²) in [5.41, 5.74) is 12.8. The minimum absolute atomic E-state index is 0.466. The van der Waals surface area contributed by atoms with Crippen LogP contribution in [0.1, 0.15) is 40.7 Å². The van der Waals surface area contributed by atoms with Gasteiger partial charge in [0.25, 0.3) is 0 Å². The third-order valence-electron chi connectivity index (χ3n) is 3.27. The van der Waals surface area contributed by atoms with Gasteiger partial charge in [0.1, 0.15) is 0 Å². The van der Waals surface area contributed by atoms with Crippen LogP contribution in [-0.4, -0.2) is 6.54 Å². The number of hydrogen-bond donors (Lipinski definition) is 1. The highest BCUT2D eigenvalue weighted by Crippen LogP contribution is 2.27. The Hall–Kier alpha value is -0.820. The van der Waals surface area contributed by atoms with Crippen molar-refractivity contribution < 1.29 is 0 Å². The Morgan fingerprint density at radius 1 is 1.07 bits per heavy atom. The zero-order valence-corrected chi connectivity index (χ0v) is 9.94. The maximum atomic E-state index is 5.74. The average molecular weight is 191 g/mol. The van der Waals surface area contributed by atoms with E-state index in [1.54, 1.807) is 0 Å². The minimum atomic E-state index is 0.466. The molecule has 0 aliphatic heterocycles. The van der Waals surface area contributed by atoms with Gasteiger partial charge >= 0.3 is 0 Å². The Balaban J connectivity index is 3.39. The fourth-order valence-corrected chi connectivity index (χ4v) is 2.10. The van der Waals surface area contributed by atoms with Crippen LogP contribution < -0.4 is 5.73 Å². The molecule has 0 aliphatic carbocycles. The minimum Gasteiger partial charge on any atom is -0.330 e. The standard InChI is InChI=1S/C13H21N/c1-8-6-9(2)12(5)13(11(8)4)10(3)7-14/h6,10H,7,14H2,1-5H3. The first-order valence-electron chi connectivity index (χ1n) is 5.26. The Morgan fingerprint density at radius 3 is 1.86 bits per heavy atom. The fourth-order valence-electron chi connectivity index (χ4n) is 2.10. The molecule has 0 heterocycles. The van der Waals surface area contributed by atoms with Gasteiger partial charge in [0.15, 0.2) is 0 Å². The van der Waals surface area contributed by atoms with Gasteiger partial charge in [-0.15, -0.1) is 0 Å². The molecule has 0 saturated carbocycles. The van der Waals surface area contributed by atoms with Crippen molar-refractivity contribution in [3.8, 4) is 0 Å². The Kier molecular flexibility index (Phi) is 3.33. The van der Waals surface area contributed by atoms with Crippen molar-refractivity contribution in [3.63, 3.8) is 0 Å². The molecule has 1 aromatic rings. The van der Waals surface area contributed by atoms with Gasteiger partial charge in [0.2, 0.25) is 0 Å². The van der Waals surface area contributed by atoms with Gasteiger partial charge in [0, 0.05) is 0 Å². The van der Waals surface area contributed by atoms with E-state index in [1.165, 1.54) is 27.8 Å². The third kappa shape index (κ3) is 1.83. The van der Waals surface area contributed by atoms with Crippen LogP contribution in [0.5, 0.6) is 0 Å². The summed E-state index contributed by atoms with van der Waals surface area (Å²) in [7, 11) is 0. The topological polar surface area (TPSA) is 26.0 Å². The smallest absolute Gasteiger partial charge is 0.00107 e. The van der Waals surface area contributed by atoms with E-state index < -0.39 is 0 Å². The van der Waals surface area contributed by atoms with Crippen molar-refractivity contribution in [2.24, 2.45) is 5.73 Å². The molecular weight excluding hydrogens is 170 g/mol. The molecule has 1 nitrogen and oxygen atoms in total. The summed E-state index contributed by atoms with van der Waals surface area (Å²) in [6, 6.07) is 2.26. The lowest BCUT2D eigenvalue weighted by Gasteiger charge is -2.19. The second-order valence-electron chi connectivity index (χ2n) is 4.31. The molecule has 1 atom stereocenters. The van der Waals surface area contributed by atoms with Gasteiger partial charge < -0.3 is 5.73 Å². The van der Waals surface area contributed by atoms with Crippen LogP contribution in [0.2, 0.25) is 0 Å². The molecular formula is C13H21N. The molecule has 0 bridgehead atoms. The first-order valence-corrected chi connectivity index (χ1v) is 5.26. The molecule has 2 N–H and O–H groups in total. The van der Waals surface area contributed by atoms with E-state index in [-0.39, 0.29) is 0 Å². The SMILES string of the molecule is Cc1cc(C)c(C)c(C(C)CN)c1C. The summed E-state index contributed by atoms with van der Waals surface area (Å²) < 4.78 is 0. The molecule has 78 valence electrons. The van der Waals surface area contributed by atoms with Gasteiger partial charge in [-0.05, 0) is 68.0 Å². The second-order valence-corrected chi connectivity index (χ2v) is 4.31. The highest BCUT2D eigenvalue weighted by atomic mass is 14.5. The lowest BCUT2D eigenvalue weighted by molar-refractivity contribution is 0.758. The number of aryl methyl sites for hydroxylation is 2. The Bertz CT molecular complexity index is 313. The molecule has 1 heteroatoms. The van der Waals surface area contributed by atoms with Crippen LogP contribution >= 0.6 is 0 Å². The van der Waals surface area contributed by atoms with E-state index in [9.17, 15) is 0 Å². The number of nitrogens with two attached hydrogens (primary N) is 1. The van der Waals surface area contributed by atoms with Crippen molar-refractivity contribution in [3.05, 3.63) is 33.9 Å². The van der Waals surface area contributed by atoms with E-state index in [0.717, 1.165) is 6.54 Å². The number of hydrogen-bond acceptors (Lipinski definition) is 1. The summed E-state index contributed by atoms with van der Waals surface area (Å²) in [6.45, 7) is 11.7. The van der Waals surface area contributed by atoms with Crippen LogP contribution in [0.25, 0.3) is 0 Å². The first kappa shape index (κ1) is 11.3. The normalized spacial score (nSPS) is 13.0. The molecule has 1 aromatic carbocycles. The van der Waals surface area contributed by atoms with Gasteiger partial charge in [-0.3, -0.25) is 0 Å². The van der Waals surface area contributed by atoms with Crippen molar-refractivity contribution in [2.45, 2.75) is 40.5 Å². The quantitative estimate of drug-likeness (QED) is 0.764. The molecule has 1 unspecified atom stereocenters. The van der Waals surface area contributed by atoms with Gasteiger partial charge in [-0.25, -0.2) is 0 Å². The predicted molar refractivity (Wildman–Crippen MR) is 62.9 cm³/mol. The molecule has 1 rings (SSSR count). The highest BCUT2D eigenvalue weighted by molar-refractivity contribution is 5.45. The summed E-state index contributed by atoms with van der Waals surface area (Å²) in [5, 5.41) is 0. The predicted octanol–water partition coefficient (Wildman–Crippen LogP) is 2.98. The molecule has 0 fully saturated rings. The average Bonchev–Trinajstić information content (AvgIpc) is 2.15. The largest absolute Gasteiger partial charge is 0.330 e. The van der Waals surface area contributed by atoms with Crippen LogP contribution in [-0.2, 0) is 0 Å². The lowest BCUT2D eigenvalue weighted by Crippen LogP contribution is -2.13. The zero-order chi connectivity index (χ0) is 10.9. The summed E-state index contributed by atoms with van der Waals surface area (Å²) in [6.07, 6.45) is 0. The Morgan fingerprint density at radius 2 is 1.50 bits per heavy atom. The van der Waals surface area contributed by atoms with E-state index in [0.29, 0.717) is 5.92 Å². The van der Waals surface area contributed by atoms with E-state index in [4.69, 9.17) is 5.73 Å². The van der Waals surface area contributed by atoms with E-state index in [2.05, 4.69) is 40.7 Å². The fraction of sp³-hybridized carbons (Fsp3) is 0.538. The molecule has 0 radical (unpaired) electrons. The van der Waals surface area contributed by atoms with Gasteiger partial charge in [0.05, 0.1) is 0 Å². The summed E-state index contributed by atoms with van der Waals surface area (Å²) in [4.78, 5) is 0. The third-order valence-corrected chi connectivity index (χ3v) is 3.27. The van der Waals surface area contributed by atoms with Crippen LogP contribution in [0.15, 0.2) is 6.07 Å². The monoisotopic (exact) mass is 191 g/mol. The number of rotatable bonds is 2. The Labute approximate surface area is 87.3 Å². The first-order chi connectivity index (χ1) is 6.49. The molecule has 0 spiro atoms. The zero-order valence-electron chi connectivity index (χ0n) is 9.94. The van der Waals surface area contributed by atoms with Gasteiger partial charge in [-0.2, -0.15) is 0 Å². The van der Waals surface area contributed by atoms with E-state index >= 15 is 0 Å². The van der Waals surface area contributed by atoms with Crippen LogP contribution in [0, 0.1) is 27.7 Å². The maximum Gasteiger partial charge on any atom is -0.00107 e. The van der Waals surface area contributed by atoms with Crippen molar-refractivity contribution in [1.29, 1.82) is 0 Å². The van der Waals surface area contributed by atoms with Crippen molar-refractivity contribution in [1.82, 2.24) is 0 Å². The molecule has 0 saturated heterocycles. The lowest BCUT2D eigenvalue weighted by atomic mass is 9.87. The number of benzene rings is 1. The van der Waals surface area contributed by atoms with Crippen LogP contribution in [0.3, 0.4) is 0 Å². The van der Waals surface area contributed by atoms with Gasteiger partial charge in [-0.1, -0.05) is 13.0 Å². The van der Waals surface area contributed by atoms with Crippen molar-refractivity contribution in [2.75, 3.05) is 6.54 Å².